The molecular formula is C22H14Cl4N4O2. The molecule has 10 heteroatoms. The molecule has 2 aliphatic carbocycles. The van der Waals surface area contributed by atoms with E-state index in [9.17, 15) is 14.9 Å². The minimum atomic E-state index is -1.38. The van der Waals surface area contributed by atoms with Crippen LogP contribution in [0.3, 0.4) is 0 Å². The third-order valence-electron chi connectivity index (χ3n) is 5.54. The highest BCUT2D eigenvalue weighted by Gasteiger charge is 2.67. The molecule has 2 atom stereocenters. The molecule has 4 rings (SSSR count). The summed E-state index contributed by atoms with van der Waals surface area (Å²) < 4.78 is -1.38. The molecule has 2 fully saturated rings. The maximum atomic E-state index is 12.9. The van der Waals surface area contributed by atoms with Gasteiger partial charge in [-0.2, -0.15) is 10.5 Å². The molecule has 162 valence electrons. The molecule has 2 aliphatic rings. The molecule has 2 N–H and O–H groups in total. The average Bonchev–Trinajstić information content (AvgIpc) is 3.63. The number of carbonyl (C=O) groups is 2. The van der Waals surface area contributed by atoms with Crippen LogP contribution in [0.25, 0.3) is 0 Å². The highest BCUT2D eigenvalue weighted by Crippen LogP contribution is 2.65. The number of halogens is 4. The maximum Gasteiger partial charge on any atom is 0.254 e. The summed E-state index contributed by atoms with van der Waals surface area (Å²) >= 11 is 25.0. The van der Waals surface area contributed by atoms with Gasteiger partial charge in [-0.05, 0) is 54.8 Å². The van der Waals surface area contributed by atoms with E-state index in [1.807, 2.05) is 6.07 Å². The molecule has 2 aromatic rings. The maximum absolute atomic E-state index is 12.9. The van der Waals surface area contributed by atoms with Crippen LogP contribution in [0.2, 0.25) is 10.0 Å². The summed E-state index contributed by atoms with van der Waals surface area (Å²) in [5, 5.41) is 24.2. The number of anilines is 1. The fraction of sp³-hybridized carbons (Fsp3) is 0.273. The van der Waals surface area contributed by atoms with Crippen LogP contribution in [-0.4, -0.2) is 21.7 Å². The highest BCUT2D eigenvalue weighted by molar-refractivity contribution is 6.53. The van der Waals surface area contributed by atoms with Crippen molar-refractivity contribution < 1.29 is 9.59 Å². The number of nitriles is 2. The van der Waals surface area contributed by atoms with Crippen molar-refractivity contribution in [2.45, 2.75) is 28.6 Å². The summed E-state index contributed by atoms with van der Waals surface area (Å²) in [4.78, 5) is 25.5. The Morgan fingerprint density at radius 3 is 2.41 bits per heavy atom. The van der Waals surface area contributed by atoms with Crippen molar-refractivity contribution >= 4 is 63.9 Å². The summed E-state index contributed by atoms with van der Waals surface area (Å²) in [6.07, 6.45) is 1.16. The second-order valence-corrected chi connectivity index (χ2v) is 10.1. The normalized spacial score (nSPS) is 21.6. The number of nitrogens with zero attached hydrogens (tertiary/aromatic N) is 2. The van der Waals surface area contributed by atoms with Gasteiger partial charge in [-0.1, -0.05) is 23.2 Å². The fourth-order valence-electron chi connectivity index (χ4n) is 3.60. The van der Waals surface area contributed by atoms with Crippen LogP contribution in [0.5, 0.6) is 0 Å². The Bertz CT molecular complexity index is 1230. The van der Waals surface area contributed by atoms with E-state index < -0.39 is 33.5 Å². The fourth-order valence-corrected chi connectivity index (χ4v) is 4.87. The first-order chi connectivity index (χ1) is 15.1. The van der Waals surface area contributed by atoms with Crippen LogP contribution in [-0.2, 0) is 4.79 Å². The molecule has 2 amide bonds. The predicted octanol–water partition coefficient (Wildman–Crippen LogP) is 5.18. The Morgan fingerprint density at radius 1 is 1.06 bits per heavy atom. The number of hydrogen-bond acceptors (Lipinski definition) is 4. The molecule has 2 saturated carbocycles. The highest BCUT2D eigenvalue weighted by atomic mass is 35.5. The number of benzene rings is 2. The lowest BCUT2D eigenvalue weighted by Crippen LogP contribution is -2.35. The monoisotopic (exact) mass is 506 g/mol. The molecule has 0 aromatic heterocycles. The summed E-state index contributed by atoms with van der Waals surface area (Å²) in [6, 6.07) is 13.3. The van der Waals surface area contributed by atoms with Crippen molar-refractivity contribution in [1.29, 1.82) is 10.5 Å². The van der Waals surface area contributed by atoms with E-state index in [-0.39, 0.29) is 10.6 Å². The average molecular weight is 508 g/mol. The van der Waals surface area contributed by atoms with E-state index in [0.29, 0.717) is 34.7 Å². The van der Waals surface area contributed by atoms with E-state index in [1.54, 1.807) is 18.2 Å². The first-order valence-corrected chi connectivity index (χ1v) is 11.0. The summed E-state index contributed by atoms with van der Waals surface area (Å²) in [7, 11) is 0. The zero-order chi connectivity index (χ0) is 23.3. The molecule has 6 nitrogen and oxygen atoms in total. The zero-order valence-corrected chi connectivity index (χ0v) is 19.3. The summed E-state index contributed by atoms with van der Waals surface area (Å²) in [5.74, 6) is -2.31. The number of nitrogens with one attached hydrogen (secondary N) is 2. The van der Waals surface area contributed by atoms with Crippen LogP contribution >= 0.6 is 46.4 Å². The largest absolute Gasteiger partial charge is 0.334 e. The lowest BCUT2D eigenvalue weighted by molar-refractivity contribution is -0.117. The lowest BCUT2D eigenvalue weighted by atomic mass is 10.1. The minimum absolute atomic E-state index is 0.134. The van der Waals surface area contributed by atoms with Gasteiger partial charge in [0.15, 0.2) is 0 Å². The van der Waals surface area contributed by atoms with Gasteiger partial charge in [-0.25, -0.2) is 0 Å². The van der Waals surface area contributed by atoms with Crippen molar-refractivity contribution in [2.75, 3.05) is 5.32 Å². The smallest absolute Gasteiger partial charge is 0.254 e. The van der Waals surface area contributed by atoms with Gasteiger partial charge in [0, 0.05) is 16.6 Å². The number of rotatable bonds is 5. The van der Waals surface area contributed by atoms with Gasteiger partial charge in [0.25, 0.3) is 5.91 Å². The minimum Gasteiger partial charge on any atom is -0.334 e. The van der Waals surface area contributed by atoms with E-state index in [2.05, 4.69) is 16.7 Å². The van der Waals surface area contributed by atoms with Crippen molar-refractivity contribution in [3.63, 3.8) is 0 Å². The number of carbonyl (C=O) groups excluding carboxylic acids is 2. The van der Waals surface area contributed by atoms with E-state index in [1.165, 1.54) is 18.2 Å². The molecular weight excluding hydrogens is 494 g/mol. The van der Waals surface area contributed by atoms with Gasteiger partial charge in [0.1, 0.15) is 9.87 Å². The van der Waals surface area contributed by atoms with Crippen LogP contribution in [0.1, 0.15) is 40.2 Å². The van der Waals surface area contributed by atoms with Crippen molar-refractivity contribution in [1.82, 2.24) is 5.32 Å². The Labute approximate surface area is 204 Å². The SMILES string of the molecule is N#Cc1cc(Cl)cc([C@@H]2[C@@H](C(=O)Nc3ccc(Cl)c(C(=O)NC4(C#N)CC4)c3)C2(Cl)Cl)c1. The van der Waals surface area contributed by atoms with Crippen LogP contribution < -0.4 is 10.6 Å². The van der Waals surface area contributed by atoms with Crippen molar-refractivity contribution in [3.8, 4) is 12.1 Å². The summed E-state index contributed by atoms with van der Waals surface area (Å²) in [6.45, 7) is 0. The molecule has 0 bridgehead atoms. The predicted molar refractivity (Wildman–Crippen MR) is 122 cm³/mol. The van der Waals surface area contributed by atoms with Gasteiger partial charge in [0.2, 0.25) is 5.91 Å². The number of hydrogen-bond donors (Lipinski definition) is 2. The van der Waals surface area contributed by atoms with Crippen molar-refractivity contribution in [3.05, 3.63) is 63.1 Å². The lowest BCUT2D eigenvalue weighted by Gasteiger charge is -2.12. The van der Waals surface area contributed by atoms with Gasteiger partial charge in [-0.15, -0.1) is 23.2 Å². The van der Waals surface area contributed by atoms with E-state index in [0.717, 1.165) is 0 Å². The van der Waals surface area contributed by atoms with Crippen LogP contribution in [0, 0.1) is 28.6 Å². The Balaban J connectivity index is 1.52. The first kappa shape index (κ1) is 22.7. The van der Waals surface area contributed by atoms with Gasteiger partial charge >= 0.3 is 0 Å². The molecule has 0 heterocycles. The Hall–Kier alpha value is -2.48. The topological polar surface area (TPSA) is 106 Å². The van der Waals surface area contributed by atoms with Crippen LogP contribution in [0.4, 0.5) is 5.69 Å². The molecule has 0 saturated heterocycles. The zero-order valence-electron chi connectivity index (χ0n) is 16.3. The number of alkyl halides is 2. The third kappa shape index (κ3) is 4.25. The second-order valence-electron chi connectivity index (χ2n) is 7.85. The van der Waals surface area contributed by atoms with Crippen LogP contribution in [0.15, 0.2) is 36.4 Å². The van der Waals surface area contributed by atoms with E-state index in [4.69, 9.17) is 51.7 Å². The molecule has 0 spiro atoms. The van der Waals surface area contributed by atoms with Gasteiger partial charge < -0.3 is 10.6 Å². The standard InChI is InChI=1S/C22H14Cl4N4O2/c23-13-6-11(9-27)5-12(7-13)17-18(22(17,25)26)20(32)29-14-1-2-16(24)15(8-14)19(31)30-21(10-28)3-4-21/h1-2,5-8,17-18H,3-4H2,(H,29,32)(H,30,31)/t17-,18+/m1/s1. The third-order valence-corrected chi connectivity index (χ3v) is 7.03. The molecule has 2 aromatic carbocycles. The number of amides is 2. The quantitative estimate of drug-likeness (QED) is 0.544. The van der Waals surface area contributed by atoms with Crippen molar-refractivity contribution in [2.24, 2.45) is 5.92 Å². The first-order valence-electron chi connectivity index (χ1n) is 9.53. The molecule has 0 radical (unpaired) electrons. The summed E-state index contributed by atoms with van der Waals surface area (Å²) in [5.41, 5.74) is 0.528. The van der Waals surface area contributed by atoms with E-state index >= 15 is 0 Å². The molecule has 0 aliphatic heterocycles. The van der Waals surface area contributed by atoms with Gasteiger partial charge in [-0.3, -0.25) is 9.59 Å². The molecule has 32 heavy (non-hydrogen) atoms. The second kappa shape index (κ2) is 8.14. The Kier molecular flexibility index (Phi) is 5.77. The molecule has 0 unspecified atom stereocenters. The Morgan fingerprint density at radius 2 is 1.78 bits per heavy atom. The van der Waals surface area contributed by atoms with Gasteiger partial charge in [0.05, 0.1) is 34.2 Å².